The summed E-state index contributed by atoms with van der Waals surface area (Å²) in [5.41, 5.74) is 2.08. The average Bonchev–Trinajstić information content (AvgIpc) is 2.69. The quantitative estimate of drug-likeness (QED) is 0.387. The number of hydrogen-bond donors (Lipinski definition) is 0. The zero-order chi connectivity index (χ0) is 17.1. The van der Waals surface area contributed by atoms with Crippen LogP contribution in [0.2, 0.25) is 0 Å². The van der Waals surface area contributed by atoms with Crippen molar-refractivity contribution in [2.45, 2.75) is 0 Å². The van der Waals surface area contributed by atoms with Crippen LogP contribution < -0.4 is 4.74 Å². The maximum Gasteiger partial charge on any atom is 0.343 e. The van der Waals surface area contributed by atoms with E-state index in [1.165, 1.54) is 0 Å². The summed E-state index contributed by atoms with van der Waals surface area (Å²) in [5, 5.41) is 1.90. The van der Waals surface area contributed by atoms with Crippen LogP contribution in [0.15, 0.2) is 91.1 Å². The van der Waals surface area contributed by atoms with Gasteiger partial charge >= 0.3 is 5.97 Å². The lowest BCUT2D eigenvalue weighted by atomic mass is 10.0. The molecule has 0 radical (unpaired) electrons. The molecule has 0 fully saturated rings. The van der Waals surface area contributed by atoms with Gasteiger partial charge in [0, 0.05) is 17.1 Å². The number of nitrogens with zero attached hydrogens (tertiary/aromatic N) is 1. The van der Waals surface area contributed by atoms with E-state index in [1.807, 2.05) is 72.8 Å². The molecule has 0 saturated carbocycles. The molecular weight excluding hydrogens is 310 g/mol. The fourth-order valence-corrected chi connectivity index (χ4v) is 2.80. The summed E-state index contributed by atoms with van der Waals surface area (Å²) in [6, 6.07) is 26.5. The minimum Gasteiger partial charge on any atom is -0.422 e. The molecule has 120 valence electrons. The van der Waals surface area contributed by atoms with E-state index in [9.17, 15) is 4.79 Å². The summed E-state index contributed by atoms with van der Waals surface area (Å²) >= 11 is 0. The van der Waals surface area contributed by atoms with E-state index in [4.69, 9.17) is 4.74 Å². The minimum atomic E-state index is -0.380. The number of ether oxygens (including phenoxy) is 1. The molecule has 3 heteroatoms. The van der Waals surface area contributed by atoms with Crippen molar-refractivity contribution in [2.24, 2.45) is 0 Å². The molecule has 0 spiro atoms. The van der Waals surface area contributed by atoms with Crippen molar-refractivity contribution in [1.29, 1.82) is 0 Å². The fraction of sp³-hybridized carbons (Fsp3) is 0. The highest BCUT2D eigenvalue weighted by Gasteiger charge is 2.16. The molecule has 0 atom stereocenters. The van der Waals surface area contributed by atoms with Gasteiger partial charge in [0.1, 0.15) is 5.75 Å². The van der Waals surface area contributed by atoms with Crippen molar-refractivity contribution < 1.29 is 9.53 Å². The van der Waals surface area contributed by atoms with Crippen LogP contribution in [0.5, 0.6) is 5.75 Å². The Kier molecular flexibility index (Phi) is 3.97. The first-order valence-corrected chi connectivity index (χ1v) is 8.03. The van der Waals surface area contributed by atoms with Crippen molar-refractivity contribution in [1.82, 2.24) is 4.98 Å². The van der Waals surface area contributed by atoms with E-state index in [0.717, 1.165) is 22.0 Å². The van der Waals surface area contributed by atoms with E-state index < -0.39 is 0 Å². The van der Waals surface area contributed by atoms with Gasteiger partial charge in [0.2, 0.25) is 0 Å². The monoisotopic (exact) mass is 325 g/mol. The normalized spacial score (nSPS) is 10.6. The Morgan fingerprint density at radius 2 is 1.52 bits per heavy atom. The largest absolute Gasteiger partial charge is 0.422 e. The van der Waals surface area contributed by atoms with Gasteiger partial charge in [-0.2, -0.15) is 0 Å². The van der Waals surface area contributed by atoms with E-state index in [0.29, 0.717) is 11.3 Å². The van der Waals surface area contributed by atoms with E-state index >= 15 is 0 Å². The number of fused-ring (bicyclic) bond motifs is 1. The zero-order valence-electron chi connectivity index (χ0n) is 13.4. The lowest BCUT2D eigenvalue weighted by Gasteiger charge is -2.13. The second-order valence-electron chi connectivity index (χ2n) is 5.63. The summed E-state index contributed by atoms with van der Waals surface area (Å²) < 4.78 is 5.82. The molecule has 0 N–H and O–H groups in total. The van der Waals surface area contributed by atoms with Crippen LogP contribution in [0.4, 0.5) is 0 Å². The summed E-state index contributed by atoms with van der Waals surface area (Å²) in [4.78, 5) is 17.0. The van der Waals surface area contributed by atoms with Crippen LogP contribution in [0.25, 0.3) is 22.0 Å². The third-order valence-electron chi connectivity index (χ3n) is 4.02. The highest BCUT2D eigenvalue weighted by molar-refractivity contribution is 5.99. The van der Waals surface area contributed by atoms with Gasteiger partial charge in [0.05, 0.1) is 11.3 Å². The molecule has 3 aromatic carbocycles. The van der Waals surface area contributed by atoms with Crippen LogP contribution in [0, 0.1) is 0 Å². The number of rotatable bonds is 3. The Morgan fingerprint density at radius 1 is 0.760 bits per heavy atom. The van der Waals surface area contributed by atoms with Crippen molar-refractivity contribution in [3.05, 3.63) is 96.7 Å². The molecule has 1 aromatic heterocycles. The Labute approximate surface area is 145 Å². The van der Waals surface area contributed by atoms with Crippen LogP contribution in [-0.2, 0) is 0 Å². The molecule has 3 nitrogen and oxygen atoms in total. The molecule has 0 aliphatic rings. The van der Waals surface area contributed by atoms with Crippen LogP contribution in [-0.4, -0.2) is 11.0 Å². The molecule has 0 unspecified atom stereocenters. The number of carbonyl (C=O) groups is 1. The van der Waals surface area contributed by atoms with E-state index in [1.54, 1.807) is 18.3 Å². The molecule has 4 rings (SSSR count). The van der Waals surface area contributed by atoms with Crippen LogP contribution in [0.1, 0.15) is 10.4 Å². The van der Waals surface area contributed by atoms with Gasteiger partial charge in [0.25, 0.3) is 0 Å². The number of benzene rings is 3. The van der Waals surface area contributed by atoms with E-state index in [2.05, 4.69) is 4.98 Å². The van der Waals surface area contributed by atoms with Crippen molar-refractivity contribution in [3.8, 4) is 17.0 Å². The Bertz CT molecular complexity index is 1030. The number of aromatic nitrogens is 1. The molecule has 1 heterocycles. The highest BCUT2D eigenvalue weighted by atomic mass is 16.5. The number of pyridine rings is 1. The lowest BCUT2D eigenvalue weighted by Crippen LogP contribution is -2.09. The van der Waals surface area contributed by atoms with E-state index in [-0.39, 0.29) is 5.97 Å². The SMILES string of the molecule is O=C(Oc1c(-c2ccccn2)ccc2ccccc12)c1ccccc1. The molecule has 0 aliphatic carbocycles. The van der Waals surface area contributed by atoms with Crippen molar-refractivity contribution >= 4 is 16.7 Å². The number of esters is 1. The Morgan fingerprint density at radius 3 is 2.32 bits per heavy atom. The first-order chi connectivity index (χ1) is 12.3. The molecule has 0 amide bonds. The Hall–Kier alpha value is -3.46. The molecule has 0 aliphatic heterocycles. The van der Waals surface area contributed by atoms with Gasteiger partial charge in [0.15, 0.2) is 0 Å². The lowest BCUT2D eigenvalue weighted by molar-refractivity contribution is 0.0738. The highest BCUT2D eigenvalue weighted by Crippen LogP contribution is 2.36. The maximum atomic E-state index is 12.6. The minimum absolute atomic E-state index is 0.380. The molecule has 0 saturated heterocycles. The van der Waals surface area contributed by atoms with Gasteiger partial charge in [-0.3, -0.25) is 4.98 Å². The van der Waals surface area contributed by atoms with Crippen LogP contribution in [0.3, 0.4) is 0 Å². The van der Waals surface area contributed by atoms with Gasteiger partial charge in [-0.1, -0.05) is 54.6 Å². The fourth-order valence-electron chi connectivity index (χ4n) is 2.80. The second kappa shape index (κ2) is 6.57. The molecule has 4 aromatic rings. The molecule has 0 bridgehead atoms. The number of carbonyl (C=O) groups excluding carboxylic acids is 1. The third kappa shape index (κ3) is 3.00. The first-order valence-electron chi connectivity index (χ1n) is 8.03. The van der Waals surface area contributed by atoms with Crippen LogP contribution >= 0.6 is 0 Å². The average molecular weight is 325 g/mol. The topological polar surface area (TPSA) is 39.2 Å². The number of hydrogen-bond acceptors (Lipinski definition) is 3. The Balaban J connectivity index is 1.86. The third-order valence-corrected chi connectivity index (χ3v) is 4.02. The second-order valence-corrected chi connectivity index (χ2v) is 5.63. The predicted octanol–water partition coefficient (Wildman–Crippen LogP) is 5.12. The maximum absolute atomic E-state index is 12.6. The van der Waals surface area contributed by atoms with Gasteiger partial charge < -0.3 is 4.74 Å². The predicted molar refractivity (Wildman–Crippen MR) is 98.6 cm³/mol. The summed E-state index contributed by atoms with van der Waals surface area (Å²) in [6.45, 7) is 0. The van der Waals surface area contributed by atoms with Crippen molar-refractivity contribution in [3.63, 3.8) is 0 Å². The van der Waals surface area contributed by atoms with Gasteiger partial charge in [-0.25, -0.2) is 4.79 Å². The summed E-state index contributed by atoms with van der Waals surface area (Å²) in [6.07, 6.45) is 1.73. The first kappa shape index (κ1) is 15.1. The van der Waals surface area contributed by atoms with Crippen molar-refractivity contribution in [2.75, 3.05) is 0 Å². The van der Waals surface area contributed by atoms with Gasteiger partial charge in [-0.15, -0.1) is 0 Å². The van der Waals surface area contributed by atoms with Gasteiger partial charge in [-0.05, 0) is 35.7 Å². The standard InChI is InChI=1S/C22H15NO2/c24-22(17-9-2-1-3-10-17)25-21-18-11-5-4-8-16(18)13-14-19(21)20-12-6-7-15-23-20/h1-15H. The summed E-state index contributed by atoms with van der Waals surface area (Å²) in [7, 11) is 0. The zero-order valence-corrected chi connectivity index (χ0v) is 13.4. The smallest absolute Gasteiger partial charge is 0.343 e. The molecule has 25 heavy (non-hydrogen) atoms. The summed E-state index contributed by atoms with van der Waals surface area (Å²) in [5.74, 6) is 0.153. The molecular formula is C22H15NO2.